The first kappa shape index (κ1) is 16.6. The van der Waals surface area contributed by atoms with Crippen molar-refractivity contribution < 1.29 is 9.47 Å². The Labute approximate surface area is 146 Å². The summed E-state index contributed by atoms with van der Waals surface area (Å²) in [7, 11) is 0. The van der Waals surface area contributed by atoms with Gasteiger partial charge in [-0.2, -0.15) is 4.98 Å². The van der Waals surface area contributed by atoms with Gasteiger partial charge in [-0.3, -0.25) is 0 Å². The van der Waals surface area contributed by atoms with Crippen LogP contribution >= 0.6 is 12.2 Å². The van der Waals surface area contributed by atoms with Gasteiger partial charge >= 0.3 is 0 Å². The molecule has 1 saturated heterocycles. The van der Waals surface area contributed by atoms with Gasteiger partial charge < -0.3 is 20.1 Å². The molecule has 0 aliphatic carbocycles. The second-order valence-corrected chi connectivity index (χ2v) is 5.96. The van der Waals surface area contributed by atoms with Gasteiger partial charge in [0.15, 0.2) is 5.11 Å². The molecule has 2 aromatic rings. The van der Waals surface area contributed by atoms with Crippen molar-refractivity contribution in [3.8, 4) is 11.6 Å². The van der Waals surface area contributed by atoms with Crippen LogP contribution in [0.1, 0.15) is 18.5 Å². The third-order valence-corrected chi connectivity index (χ3v) is 3.78. The quantitative estimate of drug-likeness (QED) is 0.808. The molecule has 0 bridgehead atoms. The SMILES string of the molecule is Cc1cc(Oc2ccccc2)nc(NC(=S)NC[C@@H]2CCCO2)n1. The van der Waals surface area contributed by atoms with Gasteiger partial charge in [0.1, 0.15) is 5.75 Å². The molecule has 6 nitrogen and oxygen atoms in total. The van der Waals surface area contributed by atoms with Crippen LogP contribution in [0.25, 0.3) is 0 Å². The number of rotatable bonds is 5. The van der Waals surface area contributed by atoms with Crippen LogP contribution < -0.4 is 15.4 Å². The first-order valence-corrected chi connectivity index (χ1v) is 8.35. The minimum atomic E-state index is 0.222. The maximum Gasteiger partial charge on any atom is 0.232 e. The lowest BCUT2D eigenvalue weighted by Gasteiger charge is -2.14. The Bertz CT molecular complexity index is 690. The zero-order valence-electron chi connectivity index (χ0n) is 13.5. The normalized spacial score (nSPS) is 16.6. The Morgan fingerprint density at radius 3 is 2.92 bits per heavy atom. The van der Waals surface area contributed by atoms with E-state index in [1.54, 1.807) is 6.07 Å². The van der Waals surface area contributed by atoms with Crippen LogP contribution in [0.4, 0.5) is 5.95 Å². The molecule has 0 saturated carbocycles. The second kappa shape index (κ2) is 8.03. The molecule has 1 atom stereocenters. The maximum atomic E-state index is 5.75. The zero-order chi connectivity index (χ0) is 16.8. The highest BCUT2D eigenvalue weighted by molar-refractivity contribution is 7.80. The highest BCUT2D eigenvalue weighted by Gasteiger charge is 2.15. The van der Waals surface area contributed by atoms with Crippen LogP contribution in [0.5, 0.6) is 11.6 Å². The van der Waals surface area contributed by atoms with E-state index in [2.05, 4.69) is 20.6 Å². The topological polar surface area (TPSA) is 68.3 Å². The average molecular weight is 344 g/mol. The third-order valence-electron chi connectivity index (χ3n) is 3.54. The minimum absolute atomic E-state index is 0.222. The monoisotopic (exact) mass is 344 g/mol. The fourth-order valence-corrected chi connectivity index (χ4v) is 2.59. The highest BCUT2D eigenvalue weighted by Crippen LogP contribution is 2.20. The number of ether oxygens (including phenoxy) is 2. The average Bonchev–Trinajstić information content (AvgIpc) is 3.07. The van der Waals surface area contributed by atoms with Gasteiger partial charge in [-0.05, 0) is 44.1 Å². The standard InChI is InChI=1S/C17H20N4O2S/c1-12-10-15(23-13-6-3-2-4-7-13)20-16(19-12)21-17(24)18-11-14-8-5-9-22-14/h2-4,6-7,10,14H,5,8-9,11H2,1H3,(H2,18,19,20,21,24)/t14-/m0/s1. The fourth-order valence-electron chi connectivity index (χ4n) is 2.41. The molecular formula is C17H20N4O2S. The largest absolute Gasteiger partial charge is 0.439 e. The summed E-state index contributed by atoms with van der Waals surface area (Å²) in [6.45, 7) is 3.40. The number of anilines is 1. The predicted octanol–water partition coefficient (Wildman–Crippen LogP) is 3.04. The molecule has 0 amide bonds. The number of para-hydroxylation sites is 1. The summed E-state index contributed by atoms with van der Waals surface area (Å²) in [4.78, 5) is 8.68. The lowest BCUT2D eigenvalue weighted by Crippen LogP contribution is -2.35. The second-order valence-electron chi connectivity index (χ2n) is 5.56. The van der Waals surface area contributed by atoms with Gasteiger partial charge in [0.05, 0.1) is 6.10 Å². The van der Waals surface area contributed by atoms with Gasteiger partial charge in [-0.15, -0.1) is 0 Å². The molecule has 3 rings (SSSR count). The molecule has 0 unspecified atom stereocenters. The number of aryl methyl sites for hydroxylation is 1. The molecule has 2 heterocycles. The van der Waals surface area contributed by atoms with E-state index in [0.717, 1.165) is 30.9 Å². The molecule has 126 valence electrons. The Balaban J connectivity index is 1.59. The Morgan fingerprint density at radius 2 is 2.17 bits per heavy atom. The maximum absolute atomic E-state index is 5.75. The number of hydrogen-bond donors (Lipinski definition) is 2. The van der Waals surface area contributed by atoms with Crippen molar-refractivity contribution in [3.05, 3.63) is 42.1 Å². The Kier molecular flexibility index (Phi) is 5.55. The molecular weight excluding hydrogens is 324 g/mol. The summed E-state index contributed by atoms with van der Waals surface area (Å²) in [6.07, 6.45) is 2.39. The summed E-state index contributed by atoms with van der Waals surface area (Å²) >= 11 is 5.29. The predicted molar refractivity (Wildman–Crippen MR) is 96.5 cm³/mol. The lowest BCUT2D eigenvalue weighted by molar-refractivity contribution is 0.114. The number of thiocarbonyl (C=S) groups is 1. The van der Waals surface area contributed by atoms with Crippen LogP contribution in [-0.4, -0.2) is 34.3 Å². The molecule has 24 heavy (non-hydrogen) atoms. The van der Waals surface area contributed by atoms with Gasteiger partial charge in [0, 0.05) is 24.9 Å². The van der Waals surface area contributed by atoms with E-state index < -0.39 is 0 Å². The van der Waals surface area contributed by atoms with E-state index in [1.165, 1.54) is 0 Å². The van der Waals surface area contributed by atoms with Crippen molar-refractivity contribution in [3.63, 3.8) is 0 Å². The summed E-state index contributed by atoms with van der Waals surface area (Å²) < 4.78 is 11.3. The van der Waals surface area contributed by atoms with Crippen LogP contribution in [-0.2, 0) is 4.74 Å². The van der Waals surface area contributed by atoms with Crippen LogP contribution in [0.15, 0.2) is 36.4 Å². The van der Waals surface area contributed by atoms with Crippen LogP contribution in [0.2, 0.25) is 0 Å². The summed E-state index contributed by atoms with van der Waals surface area (Å²) in [5.74, 6) is 1.60. The van der Waals surface area contributed by atoms with Crippen LogP contribution in [0.3, 0.4) is 0 Å². The first-order chi connectivity index (χ1) is 11.7. The number of hydrogen-bond acceptors (Lipinski definition) is 5. The number of nitrogens with one attached hydrogen (secondary N) is 2. The molecule has 0 radical (unpaired) electrons. The van der Waals surface area contributed by atoms with Crippen LogP contribution in [0, 0.1) is 6.92 Å². The minimum Gasteiger partial charge on any atom is -0.439 e. The van der Waals surface area contributed by atoms with Gasteiger partial charge in [0.2, 0.25) is 11.8 Å². The van der Waals surface area contributed by atoms with Gasteiger partial charge in [-0.1, -0.05) is 18.2 Å². The van der Waals surface area contributed by atoms with E-state index in [1.807, 2.05) is 37.3 Å². The third kappa shape index (κ3) is 4.87. The van der Waals surface area contributed by atoms with Crippen molar-refractivity contribution in [2.75, 3.05) is 18.5 Å². The fraction of sp³-hybridized carbons (Fsp3) is 0.353. The van der Waals surface area contributed by atoms with E-state index >= 15 is 0 Å². The molecule has 1 aliphatic heterocycles. The van der Waals surface area contributed by atoms with Crippen molar-refractivity contribution in [2.24, 2.45) is 0 Å². The first-order valence-electron chi connectivity index (χ1n) is 7.94. The molecule has 1 aromatic heterocycles. The van der Waals surface area contributed by atoms with Gasteiger partial charge in [-0.25, -0.2) is 4.98 Å². The van der Waals surface area contributed by atoms with E-state index in [-0.39, 0.29) is 6.10 Å². The molecule has 1 fully saturated rings. The number of nitrogens with zero attached hydrogens (tertiary/aromatic N) is 2. The molecule has 0 spiro atoms. The zero-order valence-corrected chi connectivity index (χ0v) is 14.3. The smallest absolute Gasteiger partial charge is 0.232 e. The molecule has 7 heteroatoms. The van der Waals surface area contributed by atoms with E-state index in [9.17, 15) is 0 Å². The van der Waals surface area contributed by atoms with E-state index in [4.69, 9.17) is 21.7 Å². The Morgan fingerprint density at radius 1 is 1.33 bits per heavy atom. The lowest BCUT2D eigenvalue weighted by atomic mass is 10.2. The van der Waals surface area contributed by atoms with Crippen molar-refractivity contribution in [2.45, 2.75) is 25.9 Å². The summed E-state index contributed by atoms with van der Waals surface area (Å²) in [5, 5.41) is 6.61. The molecule has 1 aliphatic rings. The van der Waals surface area contributed by atoms with Gasteiger partial charge in [0.25, 0.3) is 0 Å². The Hall–Kier alpha value is -2.25. The summed E-state index contributed by atoms with van der Waals surface area (Å²) in [5.41, 5.74) is 0.792. The molecule has 2 N–H and O–H groups in total. The van der Waals surface area contributed by atoms with Crippen molar-refractivity contribution >= 4 is 23.3 Å². The van der Waals surface area contributed by atoms with Crippen molar-refractivity contribution in [1.82, 2.24) is 15.3 Å². The number of aromatic nitrogens is 2. The van der Waals surface area contributed by atoms with Crippen molar-refractivity contribution in [1.29, 1.82) is 0 Å². The number of benzene rings is 1. The summed E-state index contributed by atoms with van der Waals surface area (Å²) in [6, 6.07) is 11.3. The molecule has 1 aromatic carbocycles. The van der Waals surface area contributed by atoms with E-state index in [0.29, 0.717) is 23.5 Å². The highest BCUT2D eigenvalue weighted by atomic mass is 32.1.